The lowest BCUT2D eigenvalue weighted by atomic mass is 10.1. The fourth-order valence-electron chi connectivity index (χ4n) is 1.71. The third kappa shape index (κ3) is 8.38. The standard InChI is InChI=1S/C12H23NO3/c1-2-3-4-5-6-7-8-9-10-12(11-14)13(15)16/h11-12H,2-10H2,1H3. The summed E-state index contributed by atoms with van der Waals surface area (Å²) in [6, 6.07) is -0.986. The Morgan fingerprint density at radius 1 is 1.06 bits per heavy atom. The summed E-state index contributed by atoms with van der Waals surface area (Å²) in [4.78, 5) is 20.2. The maximum Gasteiger partial charge on any atom is 0.267 e. The third-order valence-corrected chi connectivity index (χ3v) is 2.78. The molecule has 16 heavy (non-hydrogen) atoms. The minimum absolute atomic E-state index is 0.394. The van der Waals surface area contributed by atoms with E-state index in [0.29, 0.717) is 12.7 Å². The van der Waals surface area contributed by atoms with Crippen molar-refractivity contribution in [3.63, 3.8) is 0 Å². The first-order valence-electron chi connectivity index (χ1n) is 6.31. The fraction of sp³-hybridized carbons (Fsp3) is 0.917. The smallest absolute Gasteiger partial charge is 0.267 e. The van der Waals surface area contributed by atoms with Crippen LogP contribution >= 0.6 is 0 Å². The van der Waals surface area contributed by atoms with Crippen LogP contribution in [-0.4, -0.2) is 17.3 Å². The van der Waals surface area contributed by atoms with Gasteiger partial charge in [0.15, 0.2) is 6.29 Å². The van der Waals surface area contributed by atoms with Gasteiger partial charge in [0.2, 0.25) is 0 Å². The summed E-state index contributed by atoms with van der Waals surface area (Å²) in [6.45, 7) is 2.19. The molecule has 4 heteroatoms. The van der Waals surface area contributed by atoms with Crippen molar-refractivity contribution in [3.8, 4) is 0 Å². The molecule has 0 N–H and O–H groups in total. The van der Waals surface area contributed by atoms with Gasteiger partial charge < -0.3 is 0 Å². The number of carbonyl (C=O) groups is 1. The van der Waals surface area contributed by atoms with Crippen LogP contribution in [-0.2, 0) is 4.79 Å². The van der Waals surface area contributed by atoms with Crippen molar-refractivity contribution in [2.24, 2.45) is 0 Å². The van der Waals surface area contributed by atoms with Gasteiger partial charge in [-0.15, -0.1) is 0 Å². The second kappa shape index (κ2) is 10.6. The van der Waals surface area contributed by atoms with Crippen molar-refractivity contribution in [1.29, 1.82) is 0 Å². The van der Waals surface area contributed by atoms with Crippen LogP contribution in [0.5, 0.6) is 0 Å². The van der Waals surface area contributed by atoms with E-state index >= 15 is 0 Å². The molecule has 0 aliphatic rings. The highest BCUT2D eigenvalue weighted by Crippen LogP contribution is 2.10. The molecule has 0 radical (unpaired) electrons. The number of nitro groups is 1. The topological polar surface area (TPSA) is 60.2 Å². The van der Waals surface area contributed by atoms with E-state index in [1.165, 1.54) is 32.1 Å². The summed E-state index contributed by atoms with van der Waals surface area (Å²) in [5.74, 6) is 0. The summed E-state index contributed by atoms with van der Waals surface area (Å²) in [5.41, 5.74) is 0. The molecule has 0 fully saturated rings. The lowest BCUT2D eigenvalue weighted by Gasteiger charge is -2.03. The molecule has 0 aromatic heterocycles. The van der Waals surface area contributed by atoms with Gasteiger partial charge in [-0.25, -0.2) is 0 Å². The van der Waals surface area contributed by atoms with Gasteiger partial charge in [0.25, 0.3) is 6.04 Å². The van der Waals surface area contributed by atoms with E-state index in [4.69, 9.17) is 0 Å². The van der Waals surface area contributed by atoms with Crippen LogP contribution in [0.3, 0.4) is 0 Å². The summed E-state index contributed by atoms with van der Waals surface area (Å²) in [6.07, 6.45) is 10.1. The SMILES string of the molecule is CCCCCCCCCCC(C=O)[N+](=O)[O-]. The fourth-order valence-corrected chi connectivity index (χ4v) is 1.71. The van der Waals surface area contributed by atoms with E-state index in [-0.39, 0.29) is 0 Å². The first-order chi connectivity index (χ1) is 7.72. The molecular weight excluding hydrogens is 206 g/mol. The molecule has 0 aromatic carbocycles. The van der Waals surface area contributed by atoms with Gasteiger partial charge in [0.1, 0.15) is 0 Å². The Bertz CT molecular complexity index is 195. The molecule has 0 heterocycles. The van der Waals surface area contributed by atoms with Crippen LogP contribution in [0.1, 0.15) is 64.7 Å². The van der Waals surface area contributed by atoms with Crippen molar-refractivity contribution < 1.29 is 9.72 Å². The second-order valence-electron chi connectivity index (χ2n) is 4.25. The maximum absolute atomic E-state index is 10.3. The molecule has 0 rings (SSSR count). The van der Waals surface area contributed by atoms with E-state index in [1.807, 2.05) is 0 Å². The minimum Gasteiger partial charge on any atom is -0.296 e. The Labute approximate surface area is 97.6 Å². The van der Waals surface area contributed by atoms with Crippen LogP contribution in [0.2, 0.25) is 0 Å². The normalized spacial score (nSPS) is 12.3. The van der Waals surface area contributed by atoms with Crippen LogP contribution < -0.4 is 0 Å². The average molecular weight is 229 g/mol. The lowest BCUT2D eigenvalue weighted by Crippen LogP contribution is -2.20. The third-order valence-electron chi connectivity index (χ3n) is 2.78. The molecule has 0 amide bonds. The predicted molar refractivity (Wildman–Crippen MR) is 64.1 cm³/mol. The van der Waals surface area contributed by atoms with Crippen molar-refractivity contribution in [1.82, 2.24) is 0 Å². The zero-order valence-corrected chi connectivity index (χ0v) is 10.2. The van der Waals surface area contributed by atoms with Gasteiger partial charge in [0.05, 0.1) is 0 Å². The highest BCUT2D eigenvalue weighted by atomic mass is 16.6. The van der Waals surface area contributed by atoms with Crippen LogP contribution in [0, 0.1) is 10.1 Å². The van der Waals surface area contributed by atoms with Crippen LogP contribution in [0.15, 0.2) is 0 Å². The first-order valence-corrected chi connectivity index (χ1v) is 6.31. The molecule has 1 unspecified atom stereocenters. The van der Waals surface area contributed by atoms with Gasteiger partial charge in [-0.1, -0.05) is 51.9 Å². The van der Waals surface area contributed by atoms with E-state index in [2.05, 4.69) is 6.92 Å². The number of nitrogens with zero attached hydrogens (tertiary/aromatic N) is 1. The molecule has 0 spiro atoms. The molecule has 94 valence electrons. The first kappa shape index (κ1) is 15.1. The molecule has 1 atom stereocenters. The minimum atomic E-state index is -0.986. The average Bonchev–Trinajstić information content (AvgIpc) is 2.26. The number of hydrogen-bond donors (Lipinski definition) is 0. The Balaban J connectivity index is 3.26. The maximum atomic E-state index is 10.3. The highest BCUT2D eigenvalue weighted by Gasteiger charge is 2.17. The molecule has 0 aromatic rings. The van der Waals surface area contributed by atoms with E-state index in [1.54, 1.807) is 0 Å². The largest absolute Gasteiger partial charge is 0.296 e. The predicted octanol–water partition coefficient (Wildman–Crippen LogP) is 3.36. The molecule has 0 bridgehead atoms. The van der Waals surface area contributed by atoms with Gasteiger partial charge in [-0.05, 0) is 6.42 Å². The summed E-state index contributed by atoms with van der Waals surface area (Å²) < 4.78 is 0. The summed E-state index contributed by atoms with van der Waals surface area (Å²) in [5, 5.41) is 10.3. The zero-order valence-electron chi connectivity index (χ0n) is 10.2. The van der Waals surface area contributed by atoms with Crippen molar-refractivity contribution in [3.05, 3.63) is 10.1 Å². The summed E-state index contributed by atoms with van der Waals surface area (Å²) >= 11 is 0. The zero-order chi connectivity index (χ0) is 12.2. The monoisotopic (exact) mass is 229 g/mol. The van der Waals surface area contributed by atoms with Crippen LogP contribution in [0.25, 0.3) is 0 Å². The number of carbonyl (C=O) groups excluding carboxylic acids is 1. The molecule has 0 aliphatic heterocycles. The molecule has 0 saturated carbocycles. The van der Waals surface area contributed by atoms with E-state index in [0.717, 1.165) is 19.3 Å². The number of aldehydes is 1. The lowest BCUT2D eigenvalue weighted by molar-refractivity contribution is -0.506. The van der Waals surface area contributed by atoms with Gasteiger partial charge >= 0.3 is 0 Å². The number of unbranched alkanes of at least 4 members (excludes halogenated alkanes) is 7. The highest BCUT2D eigenvalue weighted by molar-refractivity contribution is 5.55. The number of hydrogen-bond acceptors (Lipinski definition) is 3. The van der Waals surface area contributed by atoms with Crippen molar-refractivity contribution >= 4 is 6.29 Å². The van der Waals surface area contributed by atoms with Gasteiger partial charge in [-0.3, -0.25) is 14.9 Å². The van der Waals surface area contributed by atoms with Gasteiger partial charge in [-0.2, -0.15) is 0 Å². The second-order valence-corrected chi connectivity index (χ2v) is 4.25. The molecule has 0 aliphatic carbocycles. The quantitative estimate of drug-likeness (QED) is 0.236. The van der Waals surface area contributed by atoms with Crippen LogP contribution in [0.4, 0.5) is 0 Å². The molecular formula is C12H23NO3. The molecule has 0 saturated heterocycles. The molecule has 4 nitrogen and oxygen atoms in total. The Kier molecular flexibility index (Phi) is 9.97. The number of rotatable bonds is 11. The van der Waals surface area contributed by atoms with Crippen molar-refractivity contribution in [2.75, 3.05) is 0 Å². The van der Waals surface area contributed by atoms with Crippen molar-refractivity contribution in [2.45, 2.75) is 70.8 Å². The van der Waals surface area contributed by atoms with E-state index < -0.39 is 11.0 Å². The Hall–Kier alpha value is -0.930. The Morgan fingerprint density at radius 3 is 2.00 bits per heavy atom. The Morgan fingerprint density at radius 2 is 1.56 bits per heavy atom. The van der Waals surface area contributed by atoms with Gasteiger partial charge in [0, 0.05) is 11.3 Å². The van der Waals surface area contributed by atoms with E-state index in [9.17, 15) is 14.9 Å². The summed E-state index contributed by atoms with van der Waals surface area (Å²) in [7, 11) is 0.